The van der Waals surface area contributed by atoms with Crippen LogP contribution in [0.5, 0.6) is 0 Å². The Hall–Kier alpha value is -2.45. The number of fused-ring (bicyclic) bond motifs is 1. The number of thiazole rings is 1. The maximum Gasteiger partial charge on any atom is 0.263 e. The van der Waals surface area contributed by atoms with Crippen molar-refractivity contribution >= 4 is 33.4 Å². The summed E-state index contributed by atoms with van der Waals surface area (Å²) in [6.07, 6.45) is 3.35. The molecule has 2 aromatic heterocycles. The molecule has 1 aromatic carbocycles. The Bertz CT molecular complexity index is 911. The molecule has 1 aliphatic rings. The van der Waals surface area contributed by atoms with Crippen molar-refractivity contribution in [3.8, 4) is 0 Å². The van der Waals surface area contributed by atoms with Gasteiger partial charge in [0, 0.05) is 26.2 Å². The summed E-state index contributed by atoms with van der Waals surface area (Å²) in [4.78, 5) is 29.6. The first kappa shape index (κ1) is 17.0. The minimum absolute atomic E-state index is 0.0833. The summed E-state index contributed by atoms with van der Waals surface area (Å²) in [7, 11) is 2.13. The highest BCUT2D eigenvalue weighted by atomic mass is 32.1. The van der Waals surface area contributed by atoms with E-state index in [1.807, 2.05) is 25.1 Å². The van der Waals surface area contributed by atoms with Gasteiger partial charge in [-0.3, -0.25) is 4.79 Å². The van der Waals surface area contributed by atoms with Crippen LogP contribution >= 0.6 is 11.3 Å². The molecule has 2 N–H and O–H groups in total. The minimum Gasteiger partial charge on any atom is -0.346 e. The predicted octanol–water partition coefficient (Wildman–Crippen LogP) is 2.26. The van der Waals surface area contributed by atoms with E-state index in [-0.39, 0.29) is 11.9 Å². The van der Waals surface area contributed by atoms with Gasteiger partial charge in [-0.25, -0.2) is 9.97 Å². The van der Waals surface area contributed by atoms with Crippen molar-refractivity contribution in [1.82, 2.24) is 25.2 Å². The van der Waals surface area contributed by atoms with Crippen LogP contribution in [-0.4, -0.2) is 59.0 Å². The van der Waals surface area contributed by atoms with Gasteiger partial charge in [0.2, 0.25) is 0 Å². The van der Waals surface area contributed by atoms with Gasteiger partial charge in [0.1, 0.15) is 4.88 Å². The van der Waals surface area contributed by atoms with Gasteiger partial charge in [-0.2, -0.15) is 0 Å². The number of nitrogens with one attached hydrogen (secondary N) is 2. The van der Waals surface area contributed by atoms with E-state index >= 15 is 0 Å². The number of aromatic nitrogens is 3. The standard InChI is InChI=1S/C18H22N6OS/c1-12(13-3-4-14-15(9-13)21-11-20-14)22-17(25)16-10-19-18(26-16)24-7-5-23(2)6-8-24/h3-4,9-12H,5-8H2,1-2H3,(H,20,21)(H,22,25). The average molecular weight is 370 g/mol. The normalized spacial score (nSPS) is 16.8. The molecule has 136 valence electrons. The van der Waals surface area contributed by atoms with Crippen LogP contribution in [0.3, 0.4) is 0 Å². The summed E-state index contributed by atoms with van der Waals surface area (Å²) >= 11 is 1.46. The van der Waals surface area contributed by atoms with Crippen molar-refractivity contribution in [3.05, 3.63) is 41.2 Å². The molecule has 3 aromatic rings. The summed E-state index contributed by atoms with van der Waals surface area (Å²) in [6, 6.07) is 5.89. The van der Waals surface area contributed by atoms with Gasteiger partial charge in [0.15, 0.2) is 5.13 Å². The van der Waals surface area contributed by atoms with Gasteiger partial charge in [0.05, 0.1) is 29.6 Å². The van der Waals surface area contributed by atoms with Crippen molar-refractivity contribution in [2.24, 2.45) is 0 Å². The monoisotopic (exact) mass is 370 g/mol. The van der Waals surface area contributed by atoms with Crippen molar-refractivity contribution in [3.63, 3.8) is 0 Å². The van der Waals surface area contributed by atoms with Crippen molar-refractivity contribution < 1.29 is 4.79 Å². The number of aromatic amines is 1. The van der Waals surface area contributed by atoms with Crippen LogP contribution < -0.4 is 10.2 Å². The second-order valence-corrected chi connectivity index (χ2v) is 7.68. The summed E-state index contributed by atoms with van der Waals surface area (Å²) in [5, 5.41) is 3.99. The van der Waals surface area contributed by atoms with Crippen molar-refractivity contribution in [1.29, 1.82) is 0 Å². The molecule has 4 rings (SSSR count). The Morgan fingerprint density at radius 1 is 1.27 bits per heavy atom. The van der Waals surface area contributed by atoms with E-state index in [0.717, 1.165) is 47.9 Å². The molecule has 1 saturated heterocycles. The number of rotatable bonds is 4. The third-order valence-corrected chi connectivity index (χ3v) is 5.84. The fourth-order valence-corrected chi connectivity index (χ4v) is 3.96. The van der Waals surface area contributed by atoms with Gasteiger partial charge in [-0.1, -0.05) is 17.4 Å². The third-order valence-electron chi connectivity index (χ3n) is 4.78. The third kappa shape index (κ3) is 3.42. The van der Waals surface area contributed by atoms with Crippen LogP contribution in [-0.2, 0) is 0 Å². The topological polar surface area (TPSA) is 77.2 Å². The van der Waals surface area contributed by atoms with Crippen LogP contribution in [0.2, 0.25) is 0 Å². The van der Waals surface area contributed by atoms with Gasteiger partial charge in [-0.15, -0.1) is 0 Å². The number of imidazole rings is 1. The summed E-state index contributed by atoms with van der Waals surface area (Å²) in [5.74, 6) is -0.0833. The molecule has 1 amide bonds. The number of nitrogens with zero attached hydrogens (tertiary/aromatic N) is 4. The zero-order valence-electron chi connectivity index (χ0n) is 14.9. The molecule has 8 heteroatoms. The molecule has 0 saturated carbocycles. The second-order valence-electron chi connectivity index (χ2n) is 6.67. The van der Waals surface area contributed by atoms with Gasteiger partial charge < -0.3 is 20.1 Å². The predicted molar refractivity (Wildman–Crippen MR) is 104 cm³/mol. The maximum atomic E-state index is 12.6. The van der Waals surface area contributed by atoms with Crippen LogP contribution in [0.1, 0.15) is 28.2 Å². The lowest BCUT2D eigenvalue weighted by molar-refractivity contribution is 0.0944. The van der Waals surface area contributed by atoms with Gasteiger partial charge in [-0.05, 0) is 31.7 Å². The van der Waals surface area contributed by atoms with Crippen LogP contribution in [0.4, 0.5) is 5.13 Å². The van der Waals surface area contributed by atoms with E-state index in [9.17, 15) is 4.79 Å². The summed E-state index contributed by atoms with van der Waals surface area (Å²) in [6.45, 7) is 5.93. The Kier molecular flexibility index (Phi) is 4.60. The molecule has 1 unspecified atom stereocenters. The zero-order chi connectivity index (χ0) is 18.1. The molecule has 1 aliphatic heterocycles. The highest BCUT2D eigenvalue weighted by Gasteiger charge is 2.20. The minimum atomic E-state index is -0.0932. The molecule has 1 atom stereocenters. The first-order chi connectivity index (χ1) is 12.6. The average Bonchev–Trinajstić information content (AvgIpc) is 3.31. The smallest absolute Gasteiger partial charge is 0.263 e. The number of benzene rings is 1. The quantitative estimate of drug-likeness (QED) is 0.737. The fraction of sp³-hybridized carbons (Fsp3) is 0.389. The molecule has 0 aliphatic carbocycles. The number of amides is 1. The highest BCUT2D eigenvalue weighted by molar-refractivity contribution is 7.17. The maximum absolute atomic E-state index is 12.6. The molecule has 0 bridgehead atoms. The molecule has 0 radical (unpaired) electrons. The molecule has 0 spiro atoms. The first-order valence-corrected chi connectivity index (χ1v) is 9.55. The fourth-order valence-electron chi connectivity index (χ4n) is 3.09. The zero-order valence-corrected chi connectivity index (χ0v) is 15.7. The second kappa shape index (κ2) is 7.05. The summed E-state index contributed by atoms with van der Waals surface area (Å²) < 4.78 is 0. The van der Waals surface area contributed by atoms with Crippen LogP contribution in [0.15, 0.2) is 30.7 Å². The Morgan fingerprint density at radius 2 is 2.08 bits per heavy atom. The molecule has 3 heterocycles. The molecular weight excluding hydrogens is 348 g/mol. The Balaban J connectivity index is 1.42. The van der Waals surface area contributed by atoms with E-state index in [2.05, 4.69) is 37.1 Å². The molecule has 1 fully saturated rings. The number of piperazine rings is 1. The highest BCUT2D eigenvalue weighted by Crippen LogP contribution is 2.24. The lowest BCUT2D eigenvalue weighted by Crippen LogP contribution is -2.44. The lowest BCUT2D eigenvalue weighted by atomic mass is 10.1. The van der Waals surface area contributed by atoms with E-state index in [1.165, 1.54) is 11.3 Å². The number of hydrogen-bond acceptors (Lipinski definition) is 6. The molecular formula is C18H22N6OS. The van der Waals surface area contributed by atoms with Crippen LogP contribution in [0.25, 0.3) is 11.0 Å². The molecule has 26 heavy (non-hydrogen) atoms. The number of anilines is 1. The van der Waals surface area contributed by atoms with Gasteiger partial charge >= 0.3 is 0 Å². The van der Waals surface area contributed by atoms with E-state index in [1.54, 1.807) is 12.5 Å². The number of carbonyl (C=O) groups is 1. The number of likely N-dealkylation sites (N-methyl/N-ethyl adjacent to an activating group) is 1. The largest absolute Gasteiger partial charge is 0.346 e. The Labute approximate surface area is 156 Å². The van der Waals surface area contributed by atoms with Gasteiger partial charge in [0.25, 0.3) is 5.91 Å². The number of hydrogen-bond donors (Lipinski definition) is 2. The van der Waals surface area contributed by atoms with E-state index < -0.39 is 0 Å². The number of H-pyrrole nitrogens is 1. The SMILES string of the molecule is CC(NC(=O)c1cnc(N2CCN(C)CC2)s1)c1ccc2nc[nH]c2c1. The van der Waals surface area contributed by atoms with Crippen molar-refractivity contribution in [2.75, 3.05) is 38.1 Å². The summed E-state index contributed by atoms with van der Waals surface area (Å²) in [5.41, 5.74) is 2.93. The number of carbonyl (C=O) groups excluding carboxylic acids is 1. The molecule has 7 nitrogen and oxygen atoms in total. The first-order valence-electron chi connectivity index (χ1n) is 8.73. The van der Waals surface area contributed by atoms with E-state index in [4.69, 9.17) is 0 Å². The van der Waals surface area contributed by atoms with Crippen molar-refractivity contribution in [2.45, 2.75) is 13.0 Å². The van der Waals surface area contributed by atoms with Crippen LogP contribution in [0, 0.1) is 0 Å². The van der Waals surface area contributed by atoms with E-state index in [0.29, 0.717) is 4.88 Å². The lowest BCUT2D eigenvalue weighted by Gasteiger charge is -2.32. The Morgan fingerprint density at radius 3 is 2.88 bits per heavy atom.